The Kier molecular flexibility index (Phi) is 5.83. The van der Waals surface area contributed by atoms with E-state index in [9.17, 15) is 4.79 Å². The fourth-order valence-corrected chi connectivity index (χ4v) is 2.68. The number of nitrogens with two attached hydrogens (primary N) is 1. The number of nitrogens with one attached hydrogen (secondary N) is 1. The van der Waals surface area contributed by atoms with Gasteiger partial charge in [0.2, 0.25) is 0 Å². The summed E-state index contributed by atoms with van der Waals surface area (Å²) in [4.78, 5) is 12.3. The van der Waals surface area contributed by atoms with Crippen molar-refractivity contribution in [2.24, 2.45) is 0 Å². The largest absolute Gasteiger partial charge is 0.330 e. The number of hydrogen-bond acceptors (Lipinski definition) is 1. The zero-order valence-electron chi connectivity index (χ0n) is 12.5. The normalized spacial score (nSPS) is 13.5. The number of benzene rings is 2. The van der Waals surface area contributed by atoms with Crippen molar-refractivity contribution in [3.63, 3.8) is 0 Å². The molecule has 5 heteroatoms. The van der Waals surface area contributed by atoms with Crippen molar-refractivity contribution in [2.75, 3.05) is 5.32 Å². The van der Waals surface area contributed by atoms with E-state index in [0.717, 1.165) is 0 Å². The highest BCUT2D eigenvalue weighted by atomic mass is 35.5. The van der Waals surface area contributed by atoms with Crippen LogP contribution in [0.5, 0.6) is 0 Å². The Morgan fingerprint density at radius 1 is 1.09 bits per heavy atom. The highest BCUT2D eigenvalue weighted by Crippen LogP contribution is 2.25. The van der Waals surface area contributed by atoms with Gasteiger partial charge < -0.3 is 10.6 Å². The number of amides is 1. The van der Waals surface area contributed by atoms with Crippen LogP contribution in [0.3, 0.4) is 0 Å². The molecular weight excluding hydrogens is 319 g/mol. The van der Waals surface area contributed by atoms with Crippen molar-refractivity contribution in [2.45, 2.75) is 25.9 Å². The SMILES string of the molecule is C[C@H]([NH2+][C@@H](C)c1ccccc1)C(=O)Nc1ccc(Cl)cc1Cl. The quantitative estimate of drug-likeness (QED) is 0.859. The molecule has 2 aromatic rings. The minimum Gasteiger partial charge on any atom is -0.330 e. The number of rotatable bonds is 5. The lowest BCUT2D eigenvalue weighted by atomic mass is 10.1. The van der Waals surface area contributed by atoms with E-state index >= 15 is 0 Å². The number of carbonyl (C=O) groups is 1. The van der Waals surface area contributed by atoms with Crippen LogP contribution in [0.15, 0.2) is 48.5 Å². The lowest BCUT2D eigenvalue weighted by Gasteiger charge is -2.17. The molecule has 0 radical (unpaired) electrons. The summed E-state index contributed by atoms with van der Waals surface area (Å²) in [5, 5.41) is 5.83. The first kappa shape index (κ1) is 16.8. The Morgan fingerprint density at radius 2 is 1.77 bits per heavy atom. The standard InChI is InChI=1S/C17H18Cl2N2O/c1-11(13-6-4-3-5-7-13)20-12(2)17(22)21-16-9-8-14(18)10-15(16)19/h3-12,20H,1-2H3,(H,21,22)/p+1/t11-,12-/m0/s1. The Bertz CT molecular complexity index is 646. The maximum Gasteiger partial charge on any atom is 0.282 e. The van der Waals surface area contributed by atoms with Crippen LogP contribution in [0.25, 0.3) is 0 Å². The number of quaternary nitrogens is 1. The Hall–Kier alpha value is -1.55. The first-order valence-electron chi connectivity index (χ1n) is 7.13. The van der Waals surface area contributed by atoms with E-state index in [1.54, 1.807) is 18.2 Å². The molecule has 0 aliphatic rings. The molecule has 3 nitrogen and oxygen atoms in total. The molecule has 116 valence electrons. The van der Waals surface area contributed by atoms with Crippen molar-refractivity contribution < 1.29 is 10.1 Å². The Labute approximate surface area is 140 Å². The molecule has 2 aromatic carbocycles. The van der Waals surface area contributed by atoms with Crippen molar-refractivity contribution in [3.05, 3.63) is 64.1 Å². The second-order valence-corrected chi connectivity index (χ2v) is 6.14. The summed E-state index contributed by atoms with van der Waals surface area (Å²) in [6, 6.07) is 15.1. The summed E-state index contributed by atoms with van der Waals surface area (Å²) in [6.45, 7) is 3.95. The third-order valence-electron chi connectivity index (χ3n) is 3.51. The fraction of sp³-hybridized carbons (Fsp3) is 0.235. The van der Waals surface area contributed by atoms with Gasteiger partial charge in [-0.2, -0.15) is 0 Å². The number of carbonyl (C=O) groups excluding carboxylic acids is 1. The monoisotopic (exact) mass is 337 g/mol. The molecule has 0 aliphatic heterocycles. The number of hydrogen-bond donors (Lipinski definition) is 2. The van der Waals surface area contributed by atoms with Crippen LogP contribution in [0, 0.1) is 0 Å². The van der Waals surface area contributed by atoms with Crippen molar-refractivity contribution in [1.82, 2.24) is 0 Å². The van der Waals surface area contributed by atoms with E-state index < -0.39 is 0 Å². The van der Waals surface area contributed by atoms with Crippen LogP contribution < -0.4 is 10.6 Å². The summed E-state index contributed by atoms with van der Waals surface area (Å²) in [5.41, 5.74) is 1.76. The van der Waals surface area contributed by atoms with Gasteiger partial charge >= 0.3 is 0 Å². The van der Waals surface area contributed by atoms with Crippen LogP contribution in [0.4, 0.5) is 5.69 Å². The second-order valence-electron chi connectivity index (χ2n) is 5.29. The smallest absolute Gasteiger partial charge is 0.282 e. The van der Waals surface area contributed by atoms with Crippen LogP contribution >= 0.6 is 23.2 Å². The van der Waals surface area contributed by atoms with E-state index in [4.69, 9.17) is 23.2 Å². The minimum absolute atomic E-state index is 0.0907. The third-order valence-corrected chi connectivity index (χ3v) is 4.05. The van der Waals surface area contributed by atoms with Crippen molar-refractivity contribution >= 4 is 34.8 Å². The molecule has 0 spiro atoms. The van der Waals surface area contributed by atoms with Crippen LogP contribution in [-0.4, -0.2) is 11.9 Å². The molecule has 0 saturated carbocycles. The van der Waals surface area contributed by atoms with E-state index in [0.29, 0.717) is 15.7 Å². The summed E-state index contributed by atoms with van der Waals surface area (Å²) in [7, 11) is 0. The van der Waals surface area contributed by atoms with Gasteiger partial charge in [0.05, 0.1) is 10.7 Å². The Morgan fingerprint density at radius 3 is 2.41 bits per heavy atom. The molecule has 2 atom stereocenters. The van der Waals surface area contributed by atoms with Gasteiger partial charge in [-0.15, -0.1) is 0 Å². The lowest BCUT2D eigenvalue weighted by Crippen LogP contribution is -2.91. The van der Waals surface area contributed by atoms with E-state index in [2.05, 4.69) is 24.4 Å². The molecule has 0 fully saturated rings. The predicted molar refractivity (Wildman–Crippen MR) is 91.3 cm³/mol. The molecule has 2 rings (SSSR count). The maximum absolute atomic E-state index is 12.3. The molecule has 3 N–H and O–H groups in total. The van der Waals surface area contributed by atoms with Crippen molar-refractivity contribution in [3.8, 4) is 0 Å². The predicted octanol–water partition coefficient (Wildman–Crippen LogP) is 3.65. The van der Waals surface area contributed by atoms with E-state index in [1.165, 1.54) is 5.56 Å². The average molecular weight is 338 g/mol. The van der Waals surface area contributed by atoms with E-state index in [-0.39, 0.29) is 18.0 Å². The summed E-state index contributed by atoms with van der Waals surface area (Å²) in [5.74, 6) is -0.0907. The van der Waals surface area contributed by atoms with Gasteiger partial charge in [-0.1, -0.05) is 53.5 Å². The first-order valence-corrected chi connectivity index (χ1v) is 7.89. The molecule has 22 heavy (non-hydrogen) atoms. The molecule has 0 unspecified atom stereocenters. The van der Waals surface area contributed by atoms with Gasteiger partial charge in [-0.25, -0.2) is 0 Å². The van der Waals surface area contributed by atoms with Crippen LogP contribution in [0.1, 0.15) is 25.5 Å². The second kappa shape index (κ2) is 7.63. The third kappa shape index (κ3) is 4.47. The van der Waals surface area contributed by atoms with Crippen LogP contribution in [-0.2, 0) is 4.79 Å². The van der Waals surface area contributed by atoms with Gasteiger partial charge in [-0.3, -0.25) is 4.79 Å². The number of anilines is 1. The number of halogens is 2. The molecule has 0 bridgehead atoms. The van der Waals surface area contributed by atoms with E-state index in [1.807, 2.05) is 30.4 Å². The topological polar surface area (TPSA) is 45.7 Å². The van der Waals surface area contributed by atoms with Gasteiger partial charge in [0, 0.05) is 10.6 Å². The fourth-order valence-electron chi connectivity index (χ4n) is 2.23. The molecule has 0 heterocycles. The highest BCUT2D eigenvalue weighted by Gasteiger charge is 2.20. The minimum atomic E-state index is -0.234. The summed E-state index contributed by atoms with van der Waals surface area (Å²) in [6.07, 6.45) is 0. The zero-order chi connectivity index (χ0) is 16.1. The molecule has 0 aromatic heterocycles. The molecular formula is C17H19Cl2N2O+. The summed E-state index contributed by atoms with van der Waals surface area (Å²) >= 11 is 11.9. The average Bonchev–Trinajstić information content (AvgIpc) is 2.50. The highest BCUT2D eigenvalue weighted by molar-refractivity contribution is 6.36. The van der Waals surface area contributed by atoms with Crippen LogP contribution in [0.2, 0.25) is 10.0 Å². The summed E-state index contributed by atoms with van der Waals surface area (Å²) < 4.78 is 0. The maximum atomic E-state index is 12.3. The molecule has 0 saturated heterocycles. The van der Waals surface area contributed by atoms with Gasteiger partial charge in [0.25, 0.3) is 5.91 Å². The first-order chi connectivity index (χ1) is 10.5. The van der Waals surface area contributed by atoms with Crippen molar-refractivity contribution in [1.29, 1.82) is 0 Å². The van der Waals surface area contributed by atoms with Gasteiger partial charge in [-0.05, 0) is 32.0 Å². The Balaban J connectivity index is 1.97. The van der Waals surface area contributed by atoms with Gasteiger partial charge in [0.1, 0.15) is 6.04 Å². The molecule has 1 amide bonds. The van der Waals surface area contributed by atoms with Gasteiger partial charge in [0.15, 0.2) is 6.04 Å². The zero-order valence-corrected chi connectivity index (χ0v) is 14.0. The lowest BCUT2D eigenvalue weighted by molar-refractivity contribution is -0.709. The molecule has 0 aliphatic carbocycles.